The Balaban J connectivity index is 0.00000200. The standard InChI is InChI=1S/C9H4Cl6O4.Hg/c10-3-4(11)8(13)2(6(18)19)1(5(16)17)7(3,12)9(8,14)15;/h1-2H,(H,16,17)(H,18,19);. The van der Waals surface area contributed by atoms with E-state index in [2.05, 4.69) is 0 Å². The van der Waals surface area contributed by atoms with Crippen molar-refractivity contribution in [3.05, 3.63) is 10.1 Å². The van der Waals surface area contributed by atoms with Crippen LogP contribution in [0, 0.1) is 11.8 Å². The van der Waals surface area contributed by atoms with Crippen LogP contribution < -0.4 is 0 Å². The van der Waals surface area contributed by atoms with Crippen LogP contribution in [0.5, 0.6) is 0 Å². The number of halogens is 6. The third-order valence-corrected chi connectivity index (χ3v) is 7.73. The fourth-order valence-corrected chi connectivity index (χ4v) is 5.54. The van der Waals surface area contributed by atoms with Gasteiger partial charge in [0.25, 0.3) is 0 Å². The third-order valence-electron chi connectivity index (χ3n) is 3.47. The zero-order valence-corrected chi connectivity index (χ0v) is 19.4. The summed E-state index contributed by atoms with van der Waals surface area (Å²) in [6, 6.07) is 0. The van der Waals surface area contributed by atoms with E-state index < -0.39 is 37.9 Å². The molecule has 2 rings (SSSR count). The Hall–Kier alpha value is 1.36. The van der Waals surface area contributed by atoms with E-state index in [1.165, 1.54) is 0 Å². The van der Waals surface area contributed by atoms with Gasteiger partial charge >= 0.3 is 11.9 Å². The summed E-state index contributed by atoms with van der Waals surface area (Å²) in [7, 11) is 0. The number of hydrogen-bond acceptors (Lipinski definition) is 2. The number of carboxylic acid groups (broad SMARTS) is 2. The predicted molar refractivity (Wildman–Crippen MR) is 72.6 cm³/mol. The molecule has 0 radical (unpaired) electrons. The van der Waals surface area contributed by atoms with Crippen molar-refractivity contribution in [2.45, 2.75) is 14.1 Å². The maximum atomic E-state index is 11.3. The summed E-state index contributed by atoms with van der Waals surface area (Å²) in [5.41, 5.74) is 0. The molecule has 0 saturated heterocycles. The molecule has 0 spiro atoms. The van der Waals surface area contributed by atoms with Crippen molar-refractivity contribution in [1.82, 2.24) is 0 Å². The summed E-state index contributed by atoms with van der Waals surface area (Å²) in [5.74, 6) is -6.49. The van der Waals surface area contributed by atoms with Crippen molar-refractivity contribution in [2.75, 3.05) is 0 Å². The summed E-state index contributed by atoms with van der Waals surface area (Å²) < 4.78 is -2.18. The van der Waals surface area contributed by atoms with E-state index in [0.29, 0.717) is 0 Å². The number of rotatable bonds is 2. The number of carboxylic acids is 2. The number of allylic oxidation sites excluding steroid dienone is 2. The van der Waals surface area contributed by atoms with E-state index in [1.807, 2.05) is 0 Å². The molecule has 0 aliphatic heterocycles. The Labute approximate surface area is 163 Å². The smallest absolute Gasteiger partial charge is 0.309 e. The molecule has 0 aromatic rings. The molecule has 2 aliphatic rings. The number of aliphatic carboxylic acids is 2. The van der Waals surface area contributed by atoms with E-state index in [9.17, 15) is 19.8 Å². The molecule has 4 unspecified atom stereocenters. The Morgan fingerprint density at radius 3 is 1.30 bits per heavy atom. The first-order chi connectivity index (χ1) is 8.45. The molecule has 2 aliphatic carbocycles. The van der Waals surface area contributed by atoms with Crippen molar-refractivity contribution in [1.29, 1.82) is 0 Å². The van der Waals surface area contributed by atoms with Gasteiger partial charge in [-0.25, -0.2) is 0 Å². The normalized spacial score (nSPS) is 41.5. The van der Waals surface area contributed by atoms with Crippen LogP contribution in [0.1, 0.15) is 0 Å². The predicted octanol–water partition coefficient (Wildman–Crippen LogP) is 3.23. The summed E-state index contributed by atoms with van der Waals surface area (Å²) >= 11 is 36.2. The van der Waals surface area contributed by atoms with Crippen LogP contribution in [0.4, 0.5) is 0 Å². The maximum Gasteiger partial charge on any atom is 0.309 e. The average Bonchev–Trinajstić information content (AvgIpc) is 2.48. The van der Waals surface area contributed by atoms with Crippen molar-refractivity contribution < 1.29 is 47.5 Å². The van der Waals surface area contributed by atoms with E-state index in [-0.39, 0.29) is 37.7 Å². The molecular formula is C9H4Cl6HgO4. The molecular weight excluding hydrogens is 585 g/mol. The van der Waals surface area contributed by atoms with Gasteiger partial charge in [0.05, 0.1) is 21.9 Å². The number of carbonyl (C=O) groups is 2. The Bertz CT molecular complexity index is 493. The molecule has 2 N–H and O–H groups in total. The second-order valence-corrected chi connectivity index (χ2v) is 7.53. The molecule has 0 aromatic heterocycles. The minimum absolute atomic E-state index is 0. The van der Waals surface area contributed by atoms with Crippen molar-refractivity contribution >= 4 is 81.5 Å². The first kappa shape index (κ1) is 19.4. The van der Waals surface area contributed by atoms with Gasteiger partial charge in [0.15, 0.2) is 4.33 Å². The average molecular weight is 589 g/mol. The summed E-state index contributed by atoms with van der Waals surface area (Å²) in [6.07, 6.45) is 0. The molecule has 20 heavy (non-hydrogen) atoms. The first-order valence-corrected chi connectivity index (χ1v) is 7.00. The number of alkyl halides is 4. The molecule has 4 nitrogen and oxygen atoms in total. The Morgan fingerprint density at radius 1 is 0.850 bits per heavy atom. The third kappa shape index (κ3) is 1.85. The van der Waals surface area contributed by atoms with Crippen molar-refractivity contribution in [2.24, 2.45) is 11.8 Å². The van der Waals surface area contributed by atoms with E-state index in [1.54, 1.807) is 0 Å². The van der Waals surface area contributed by atoms with Crippen LogP contribution >= 0.6 is 69.6 Å². The van der Waals surface area contributed by atoms with E-state index in [4.69, 9.17) is 69.6 Å². The molecule has 1 saturated carbocycles. The van der Waals surface area contributed by atoms with Crippen LogP contribution in [-0.4, -0.2) is 36.2 Å². The fraction of sp³-hybridized carbons (Fsp3) is 0.556. The van der Waals surface area contributed by atoms with E-state index >= 15 is 0 Å². The van der Waals surface area contributed by atoms with Crippen molar-refractivity contribution in [3.8, 4) is 0 Å². The molecule has 0 heterocycles. The molecule has 0 amide bonds. The summed E-state index contributed by atoms with van der Waals surface area (Å²) in [5, 5.41) is 17.8. The van der Waals surface area contributed by atoms with Gasteiger partial charge in [-0.05, 0) is 0 Å². The van der Waals surface area contributed by atoms with Crippen LogP contribution in [0.2, 0.25) is 0 Å². The van der Waals surface area contributed by atoms with Gasteiger partial charge in [-0.1, -0.05) is 46.4 Å². The van der Waals surface area contributed by atoms with E-state index in [0.717, 1.165) is 0 Å². The Kier molecular flexibility index (Phi) is 5.30. The van der Waals surface area contributed by atoms with Gasteiger partial charge < -0.3 is 10.2 Å². The van der Waals surface area contributed by atoms with Crippen LogP contribution in [-0.2, 0) is 37.3 Å². The topological polar surface area (TPSA) is 74.6 Å². The maximum absolute atomic E-state index is 11.3. The molecule has 1 fully saturated rings. The van der Waals surface area contributed by atoms with Gasteiger partial charge in [-0.3, -0.25) is 9.59 Å². The molecule has 108 valence electrons. The van der Waals surface area contributed by atoms with Gasteiger partial charge in [0.2, 0.25) is 0 Å². The quantitative estimate of drug-likeness (QED) is 0.384. The molecule has 2 bridgehead atoms. The van der Waals surface area contributed by atoms with Gasteiger partial charge in [0, 0.05) is 27.7 Å². The number of hydrogen-bond donors (Lipinski definition) is 2. The first-order valence-electron chi connectivity index (χ1n) is 4.73. The molecule has 11 heteroatoms. The minimum atomic E-state index is -2.18. The zero-order valence-electron chi connectivity index (χ0n) is 9.34. The van der Waals surface area contributed by atoms with Crippen LogP contribution in [0.3, 0.4) is 0 Å². The summed E-state index contributed by atoms with van der Waals surface area (Å²) in [6.45, 7) is 0. The van der Waals surface area contributed by atoms with Gasteiger partial charge in [-0.2, -0.15) is 0 Å². The minimum Gasteiger partial charge on any atom is -0.481 e. The zero-order chi connectivity index (χ0) is 15.0. The molecule has 0 aromatic carbocycles. The van der Waals surface area contributed by atoms with Gasteiger partial charge in [0.1, 0.15) is 9.75 Å². The number of fused-ring (bicyclic) bond motifs is 2. The second-order valence-electron chi connectivity index (χ2n) is 4.26. The van der Waals surface area contributed by atoms with Gasteiger partial charge in [-0.15, -0.1) is 23.2 Å². The monoisotopic (exact) mass is 588 g/mol. The fourth-order valence-electron chi connectivity index (χ4n) is 2.61. The summed E-state index contributed by atoms with van der Waals surface area (Å²) in [4.78, 5) is 18.5. The van der Waals surface area contributed by atoms with Crippen LogP contribution in [0.15, 0.2) is 10.1 Å². The largest absolute Gasteiger partial charge is 0.481 e. The SMILES string of the molecule is O=C(O)C1C(C(=O)O)C2(Cl)C(Cl)=C(Cl)C1(Cl)C2(Cl)Cl.[Hg]. The second kappa shape index (κ2) is 5.46. The van der Waals surface area contributed by atoms with Crippen LogP contribution in [0.25, 0.3) is 0 Å². The van der Waals surface area contributed by atoms with Crippen molar-refractivity contribution in [3.63, 3.8) is 0 Å². The molecule has 4 atom stereocenters. The Morgan fingerprint density at radius 2 is 1.10 bits per heavy atom.